The highest BCUT2D eigenvalue weighted by Crippen LogP contribution is 2.20. The molecule has 102 valence electrons. The Morgan fingerprint density at radius 2 is 2.05 bits per heavy atom. The van der Waals surface area contributed by atoms with E-state index in [1.807, 2.05) is 0 Å². The van der Waals surface area contributed by atoms with Crippen LogP contribution in [0.5, 0.6) is 0 Å². The zero-order valence-corrected chi connectivity index (χ0v) is 12.7. The van der Waals surface area contributed by atoms with Gasteiger partial charge in [-0.25, -0.2) is 0 Å². The van der Waals surface area contributed by atoms with E-state index < -0.39 is 6.04 Å². The largest absolute Gasteiger partial charge is 0.352 e. The molecule has 0 spiro atoms. The van der Waals surface area contributed by atoms with Gasteiger partial charge in [0.15, 0.2) is 0 Å². The van der Waals surface area contributed by atoms with Crippen LogP contribution in [0.3, 0.4) is 0 Å². The number of carbonyl (C=O) groups excluding carboxylic acids is 2. The van der Waals surface area contributed by atoms with Gasteiger partial charge in [0.05, 0.1) is 0 Å². The highest BCUT2D eigenvalue weighted by molar-refractivity contribution is 9.10. The van der Waals surface area contributed by atoms with Crippen molar-refractivity contribution in [2.24, 2.45) is 0 Å². The third-order valence-corrected chi connectivity index (χ3v) is 3.47. The lowest BCUT2D eigenvalue weighted by atomic mass is 10.2. The minimum atomic E-state index is -0.564. The molecule has 0 saturated heterocycles. The van der Waals surface area contributed by atoms with E-state index in [1.165, 1.54) is 0 Å². The minimum absolute atomic E-state index is 0.156. The SMILES string of the molecule is CC(NC(=O)c1cc(Cl)cc(Br)c1)C(=O)NC1CC1. The molecule has 4 nitrogen and oxygen atoms in total. The van der Waals surface area contributed by atoms with Gasteiger partial charge in [0, 0.05) is 21.1 Å². The van der Waals surface area contributed by atoms with Crippen LogP contribution in [-0.2, 0) is 4.79 Å². The topological polar surface area (TPSA) is 58.2 Å². The van der Waals surface area contributed by atoms with Gasteiger partial charge in [0.2, 0.25) is 5.91 Å². The molecule has 2 rings (SSSR count). The number of amides is 2. The van der Waals surface area contributed by atoms with Crippen LogP contribution in [-0.4, -0.2) is 23.9 Å². The summed E-state index contributed by atoms with van der Waals surface area (Å²) in [5.41, 5.74) is 0.422. The van der Waals surface area contributed by atoms with Crippen molar-refractivity contribution in [3.8, 4) is 0 Å². The molecule has 2 amide bonds. The fraction of sp³-hybridized carbons (Fsp3) is 0.385. The van der Waals surface area contributed by atoms with Gasteiger partial charge >= 0.3 is 0 Å². The van der Waals surface area contributed by atoms with Crippen LogP contribution in [0.25, 0.3) is 0 Å². The van der Waals surface area contributed by atoms with E-state index in [0.717, 1.165) is 17.3 Å². The van der Waals surface area contributed by atoms with E-state index in [-0.39, 0.29) is 17.9 Å². The van der Waals surface area contributed by atoms with E-state index in [1.54, 1.807) is 25.1 Å². The molecular weight excluding hydrogens is 332 g/mol. The van der Waals surface area contributed by atoms with Gasteiger partial charge in [0.1, 0.15) is 6.04 Å². The quantitative estimate of drug-likeness (QED) is 0.881. The number of carbonyl (C=O) groups is 2. The predicted octanol–water partition coefficient (Wildman–Crippen LogP) is 2.50. The van der Waals surface area contributed by atoms with Crippen LogP contribution < -0.4 is 10.6 Å². The first-order valence-electron chi connectivity index (χ1n) is 6.03. The van der Waals surface area contributed by atoms with E-state index in [4.69, 9.17) is 11.6 Å². The highest BCUT2D eigenvalue weighted by Gasteiger charge is 2.26. The first kappa shape index (κ1) is 14.3. The summed E-state index contributed by atoms with van der Waals surface area (Å²) >= 11 is 9.15. The summed E-state index contributed by atoms with van der Waals surface area (Å²) in [6.07, 6.45) is 2.04. The predicted molar refractivity (Wildman–Crippen MR) is 77.2 cm³/mol. The van der Waals surface area contributed by atoms with Crippen molar-refractivity contribution in [2.45, 2.75) is 31.8 Å². The summed E-state index contributed by atoms with van der Waals surface area (Å²) in [7, 11) is 0. The Morgan fingerprint density at radius 1 is 1.37 bits per heavy atom. The molecule has 2 N–H and O–H groups in total. The average molecular weight is 346 g/mol. The zero-order chi connectivity index (χ0) is 14.0. The Kier molecular flexibility index (Phi) is 4.47. The molecule has 6 heteroatoms. The number of halogens is 2. The van der Waals surface area contributed by atoms with Gasteiger partial charge in [-0.2, -0.15) is 0 Å². The first-order chi connectivity index (χ1) is 8.95. The molecule has 0 bridgehead atoms. The highest BCUT2D eigenvalue weighted by atomic mass is 79.9. The summed E-state index contributed by atoms with van der Waals surface area (Å²) in [6.45, 7) is 1.66. The number of rotatable bonds is 4. The summed E-state index contributed by atoms with van der Waals surface area (Å²) < 4.78 is 0.722. The van der Waals surface area contributed by atoms with E-state index in [0.29, 0.717) is 10.6 Å². The molecule has 1 fully saturated rings. The van der Waals surface area contributed by atoms with Crippen molar-refractivity contribution in [1.82, 2.24) is 10.6 Å². The number of hydrogen-bond donors (Lipinski definition) is 2. The van der Waals surface area contributed by atoms with Crippen LogP contribution >= 0.6 is 27.5 Å². The maximum atomic E-state index is 12.0. The molecule has 0 radical (unpaired) electrons. The monoisotopic (exact) mass is 344 g/mol. The van der Waals surface area contributed by atoms with Gasteiger partial charge in [-0.15, -0.1) is 0 Å². The van der Waals surface area contributed by atoms with Crippen molar-refractivity contribution in [3.63, 3.8) is 0 Å². The third-order valence-electron chi connectivity index (χ3n) is 2.79. The fourth-order valence-corrected chi connectivity index (χ4v) is 2.44. The minimum Gasteiger partial charge on any atom is -0.352 e. The molecule has 1 aliphatic carbocycles. The molecule has 0 heterocycles. The Hall–Kier alpha value is -1.07. The van der Waals surface area contributed by atoms with Gasteiger partial charge in [-0.05, 0) is 38.0 Å². The van der Waals surface area contributed by atoms with E-state index >= 15 is 0 Å². The Morgan fingerprint density at radius 3 is 2.63 bits per heavy atom. The molecule has 0 aromatic heterocycles. The van der Waals surface area contributed by atoms with Crippen molar-refractivity contribution in [1.29, 1.82) is 0 Å². The lowest BCUT2D eigenvalue weighted by Gasteiger charge is -2.14. The lowest BCUT2D eigenvalue weighted by molar-refractivity contribution is -0.122. The maximum absolute atomic E-state index is 12.0. The third kappa shape index (κ3) is 4.21. The molecular formula is C13H14BrClN2O2. The van der Waals surface area contributed by atoms with Crippen LogP contribution in [0.1, 0.15) is 30.1 Å². The summed E-state index contributed by atoms with van der Waals surface area (Å²) in [5.74, 6) is -0.474. The lowest BCUT2D eigenvalue weighted by Crippen LogP contribution is -2.45. The number of hydrogen-bond acceptors (Lipinski definition) is 2. The fourth-order valence-electron chi connectivity index (χ4n) is 1.58. The Bertz CT molecular complexity index is 497. The standard InChI is InChI=1S/C13H14BrClN2O2/c1-7(12(18)17-11-2-3-11)16-13(19)8-4-9(14)6-10(15)5-8/h4-7,11H,2-3H2,1H3,(H,16,19)(H,17,18). The second-order valence-electron chi connectivity index (χ2n) is 4.64. The van der Waals surface area contributed by atoms with Crippen LogP contribution in [0.15, 0.2) is 22.7 Å². The summed E-state index contributed by atoms with van der Waals surface area (Å²) in [4.78, 5) is 23.7. The number of benzene rings is 1. The molecule has 0 aliphatic heterocycles. The van der Waals surface area contributed by atoms with E-state index in [2.05, 4.69) is 26.6 Å². The summed E-state index contributed by atoms with van der Waals surface area (Å²) in [6, 6.07) is 4.64. The van der Waals surface area contributed by atoms with Gasteiger partial charge in [0.25, 0.3) is 5.91 Å². The van der Waals surface area contributed by atoms with E-state index in [9.17, 15) is 9.59 Å². The second kappa shape index (κ2) is 5.92. The smallest absolute Gasteiger partial charge is 0.252 e. The number of nitrogens with one attached hydrogen (secondary N) is 2. The molecule has 1 aromatic rings. The van der Waals surface area contributed by atoms with Gasteiger partial charge in [-0.3, -0.25) is 9.59 Å². The first-order valence-corrected chi connectivity index (χ1v) is 7.20. The molecule has 19 heavy (non-hydrogen) atoms. The molecule has 1 aliphatic rings. The second-order valence-corrected chi connectivity index (χ2v) is 5.99. The Labute approximate surface area is 125 Å². The zero-order valence-electron chi connectivity index (χ0n) is 10.4. The Balaban J connectivity index is 1.97. The van der Waals surface area contributed by atoms with Crippen molar-refractivity contribution < 1.29 is 9.59 Å². The van der Waals surface area contributed by atoms with Crippen LogP contribution in [0.2, 0.25) is 5.02 Å². The van der Waals surface area contributed by atoms with Crippen molar-refractivity contribution >= 4 is 39.3 Å². The van der Waals surface area contributed by atoms with Gasteiger partial charge < -0.3 is 10.6 Å². The normalized spacial score (nSPS) is 15.7. The summed E-state index contributed by atoms with van der Waals surface area (Å²) in [5, 5.41) is 5.96. The van der Waals surface area contributed by atoms with Crippen molar-refractivity contribution in [2.75, 3.05) is 0 Å². The molecule has 1 saturated carbocycles. The molecule has 1 atom stereocenters. The maximum Gasteiger partial charge on any atom is 0.252 e. The molecule has 1 unspecified atom stereocenters. The van der Waals surface area contributed by atoms with Crippen LogP contribution in [0.4, 0.5) is 0 Å². The molecule has 1 aromatic carbocycles. The van der Waals surface area contributed by atoms with Crippen LogP contribution in [0, 0.1) is 0 Å². The van der Waals surface area contributed by atoms with Gasteiger partial charge in [-0.1, -0.05) is 27.5 Å². The van der Waals surface area contributed by atoms with Crippen molar-refractivity contribution in [3.05, 3.63) is 33.3 Å². The average Bonchev–Trinajstić information content (AvgIpc) is 3.11.